The molecule has 3 heteroatoms. The van der Waals surface area contributed by atoms with Crippen molar-refractivity contribution < 1.29 is 9.90 Å². The molecule has 0 aliphatic heterocycles. The first-order valence-electron chi connectivity index (χ1n) is 5.04. The van der Waals surface area contributed by atoms with Gasteiger partial charge in [0.2, 0.25) is 0 Å². The number of hydrogen-bond donors (Lipinski definition) is 2. The van der Waals surface area contributed by atoms with Gasteiger partial charge in [-0.25, -0.2) is 0 Å². The van der Waals surface area contributed by atoms with Gasteiger partial charge in [0.25, 0.3) is 0 Å². The molecule has 1 saturated carbocycles. The van der Waals surface area contributed by atoms with Crippen molar-refractivity contribution in [1.29, 1.82) is 0 Å². The molecule has 1 fully saturated rings. The minimum atomic E-state index is -0.706. The number of carboxylic acid groups (broad SMARTS) is 1. The molecule has 0 saturated heterocycles. The second-order valence-corrected chi connectivity index (χ2v) is 4.29. The van der Waals surface area contributed by atoms with Crippen LogP contribution in [0.4, 0.5) is 0 Å². The van der Waals surface area contributed by atoms with Gasteiger partial charge < -0.3 is 10.8 Å². The summed E-state index contributed by atoms with van der Waals surface area (Å²) in [5.41, 5.74) is 5.58. The summed E-state index contributed by atoms with van der Waals surface area (Å²) in [6.45, 7) is 2.69. The predicted octanol–water partition coefficient (Wildman–Crippen LogP) is 1.62. The maximum atomic E-state index is 10.7. The van der Waals surface area contributed by atoms with Gasteiger partial charge in [-0.05, 0) is 37.1 Å². The normalized spacial score (nSPS) is 33.5. The molecule has 1 rings (SSSR count). The van der Waals surface area contributed by atoms with Gasteiger partial charge in [0.05, 0.1) is 6.42 Å². The molecule has 1 aliphatic carbocycles. The molecule has 0 heterocycles. The van der Waals surface area contributed by atoms with Crippen LogP contribution in [0.5, 0.6) is 0 Å². The van der Waals surface area contributed by atoms with E-state index in [4.69, 9.17) is 10.8 Å². The summed E-state index contributed by atoms with van der Waals surface area (Å²) in [5.74, 6) is -0.00916. The third kappa shape index (κ3) is 2.44. The summed E-state index contributed by atoms with van der Waals surface area (Å²) < 4.78 is 0. The second kappa shape index (κ2) is 4.09. The lowest BCUT2D eigenvalue weighted by atomic mass is 9.82. The number of carbonyl (C=O) groups is 1. The van der Waals surface area contributed by atoms with Crippen LogP contribution in [0.3, 0.4) is 0 Å². The minimum Gasteiger partial charge on any atom is -0.481 e. The average Bonchev–Trinajstić information content (AvgIpc) is 2.48. The van der Waals surface area contributed by atoms with E-state index in [0.717, 1.165) is 25.7 Å². The highest BCUT2D eigenvalue weighted by Gasteiger charge is 2.38. The predicted molar refractivity (Wildman–Crippen MR) is 51.4 cm³/mol. The SMILES string of the molecule is CC[C@@H]1CCC(CN)(CC(=O)O)C1. The standard InChI is InChI=1S/C10H19NO2/c1-2-8-3-4-10(5-8,7-11)6-9(12)13/h8H,2-7,11H2,1H3,(H,12,13)/t8-,10?/m1/s1. The van der Waals surface area contributed by atoms with E-state index in [9.17, 15) is 4.79 Å². The molecule has 76 valence electrons. The fourth-order valence-corrected chi connectivity index (χ4v) is 2.41. The van der Waals surface area contributed by atoms with Gasteiger partial charge in [-0.1, -0.05) is 13.3 Å². The molecule has 0 radical (unpaired) electrons. The van der Waals surface area contributed by atoms with E-state index in [2.05, 4.69) is 6.92 Å². The smallest absolute Gasteiger partial charge is 0.303 e. The zero-order valence-corrected chi connectivity index (χ0v) is 8.25. The quantitative estimate of drug-likeness (QED) is 0.699. The van der Waals surface area contributed by atoms with E-state index in [1.165, 1.54) is 0 Å². The van der Waals surface area contributed by atoms with Crippen LogP contribution in [0.15, 0.2) is 0 Å². The molecule has 1 aliphatic rings. The third-order valence-electron chi connectivity index (χ3n) is 3.34. The van der Waals surface area contributed by atoms with E-state index in [1.807, 2.05) is 0 Å². The third-order valence-corrected chi connectivity index (χ3v) is 3.34. The fraction of sp³-hybridized carbons (Fsp3) is 0.900. The van der Waals surface area contributed by atoms with E-state index >= 15 is 0 Å². The number of aliphatic carboxylic acids is 1. The van der Waals surface area contributed by atoms with Crippen LogP contribution in [0.2, 0.25) is 0 Å². The zero-order valence-electron chi connectivity index (χ0n) is 8.25. The minimum absolute atomic E-state index is 0.0908. The van der Waals surface area contributed by atoms with Crippen molar-refractivity contribution in [3.63, 3.8) is 0 Å². The highest BCUT2D eigenvalue weighted by molar-refractivity contribution is 5.67. The first-order valence-corrected chi connectivity index (χ1v) is 5.04. The highest BCUT2D eigenvalue weighted by Crippen LogP contribution is 2.44. The monoisotopic (exact) mass is 185 g/mol. The molecule has 0 aromatic carbocycles. The Hall–Kier alpha value is -0.570. The second-order valence-electron chi connectivity index (χ2n) is 4.29. The van der Waals surface area contributed by atoms with Crippen molar-refractivity contribution in [3.8, 4) is 0 Å². The summed E-state index contributed by atoms with van der Waals surface area (Å²) in [6.07, 6.45) is 4.56. The number of hydrogen-bond acceptors (Lipinski definition) is 2. The van der Waals surface area contributed by atoms with E-state index in [-0.39, 0.29) is 11.8 Å². The van der Waals surface area contributed by atoms with Crippen molar-refractivity contribution in [2.24, 2.45) is 17.1 Å². The van der Waals surface area contributed by atoms with Gasteiger partial charge in [0.15, 0.2) is 0 Å². The van der Waals surface area contributed by atoms with E-state index in [1.54, 1.807) is 0 Å². The molecule has 1 unspecified atom stereocenters. The Bertz CT molecular complexity index is 193. The largest absolute Gasteiger partial charge is 0.481 e. The first-order chi connectivity index (χ1) is 6.12. The topological polar surface area (TPSA) is 63.3 Å². The van der Waals surface area contributed by atoms with Crippen LogP contribution in [0, 0.1) is 11.3 Å². The fourth-order valence-electron chi connectivity index (χ4n) is 2.41. The Morgan fingerprint density at radius 1 is 1.69 bits per heavy atom. The van der Waals surface area contributed by atoms with E-state index in [0.29, 0.717) is 12.5 Å². The van der Waals surface area contributed by atoms with Crippen molar-refractivity contribution in [2.75, 3.05) is 6.54 Å². The lowest BCUT2D eigenvalue weighted by Crippen LogP contribution is -2.30. The van der Waals surface area contributed by atoms with Crippen molar-refractivity contribution >= 4 is 5.97 Å². The van der Waals surface area contributed by atoms with Crippen LogP contribution in [0.25, 0.3) is 0 Å². The van der Waals surface area contributed by atoms with Crippen LogP contribution < -0.4 is 5.73 Å². The Morgan fingerprint density at radius 2 is 2.38 bits per heavy atom. The number of carboxylic acids is 1. The molecule has 3 N–H and O–H groups in total. The summed E-state index contributed by atoms with van der Waals surface area (Å²) in [4.78, 5) is 10.7. The van der Waals surface area contributed by atoms with Crippen LogP contribution in [-0.4, -0.2) is 17.6 Å². The van der Waals surface area contributed by atoms with Gasteiger partial charge in [0, 0.05) is 0 Å². The van der Waals surface area contributed by atoms with Crippen molar-refractivity contribution in [2.45, 2.75) is 39.0 Å². The maximum absolute atomic E-state index is 10.7. The summed E-state index contributed by atoms with van der Waals surface area (Å²) in [5, 5.41) is 8.77. The summed E-state index contributed by atoms with van der Waals surface area (Å²) in [7, 11) is 0. The van der Waals surface area contributed by atoms with Crippen LogP contribution in [0.1, 0.15) is 39.0 Å². The number of rotatable bonds is 4. The van der Waals surface area contributed by atoms with Crippen molar-refractivity contribution in [1.82, 2.24) is 0 Å². The Morgan fingerprint density at radius 3 is 2.77 bits per heavy atom. The first kappa shape index (κ1) is 10.5. The lowest BCUT2D eigenvalue weighted by Gasteiger charge is -2.25. The number of nitrogens with two attached hydrogens (primary N) is 1. The van der Waals surface area contributed by atoms with Crippen LogP contribution in [-0.2, 0) is 4.79 Å². The molecule has 0 aromatic heterocycles. The molecule has 0 amide bonds. The zero-order chi connectivity index (χ0) is 9.90. The van der Waals surface area contributed by atoms with Crippen molar-refractivity contribution in [3.05, 3.63) is 0 Å². The molecule has 2 atom stereocenters. The lowest BCUT2D eigenvalue weighted by molar-refractivity contribution is -0.139. The summed E-state index contributed by atoms with van der Waals surface area (Å²) >= 11 is 0. The van der Waals surface area contributed by atoms with E-state index < -0.39 is 5.97 Å². The highest BCUT2D eigenvalue weighted by atomic mass is 16.4. The van der Waals surface area contributed by atoms with Gasteiger partial charge in [0.1, 0.15) is 0 Å². The molecule has 0 bridgehead atoms. The van der Waals surface area contributed by atoms with Gasteiger partial charge in [-0.15, -0.1) is 0 Å². The van der Waals surface area contributed by atoms with Gasteiger partial charge in [-0.3, -0.25) is 4.79 Å². The molecule has 0 spiro atoms. The Balaban J connectivity index is 2.57. The maximum Gasteiger partial charge on any atom is 0.303 e. The Kier molecular flexibility index (Phi) is 3.31. The molecule has 3 nitrogen and oxygen atoms in total. The molecular formula is C10H19NO2. The van der Waals surface area contributed by atoms with Gasteiger partial charge >= 0.3 is 5.97 Å². The molecule has 0 aromatic rings. The molecule has 13 heavy (non-hydrogen) atoms. The summed E-state index contributed by atoms with van der Waals surface area (Å²) in [6, 6.07) is 0. The van der Waals surface area contributed by atoms with Crippen LogP contribution >= 0.6 is 0 Å². The Labute approximate surface area is 79.3 Å². The average molecular weight is 185 g/mol. The van der Waals surface area contributed by atoms with Gasteiger partial charge in [-0.2, -0.15) is 0 Å². The molecular weight excluding hydrogens is 166 g/mol.